The van der Waals surface area contributed by atoms with Gasteiger partial charge in [-0.1, -0.05) is 0 Å². The molecule has 11 heavy (non-hydrogen) atoms. The van der Waals surface area contributed by atoms with E-state index in [2.05, 4.69) is 0 Å². The van der Waals surface area contributed by atoms with Crippen LogP contribution in [-0.2, 0) is 4.79 Å². The summed E-state index contributed by atoms with van der Waals surface area (Å²) < 4.78 is 0. The second-order valence-electron chi connectivity index (χ2n) is 4.41. The first kappa shape index (κ1) is 7.29. The Morgan fingerprint density at radius 1 is 1.45 bits per heavy atom. The lowest BCUT2D eigenvalue weighted by Gasteiger charge is -2.70. The van der Waals surface area contributed by atoms with Crippen LogP contribution in [0.3, 0.4) is 0 Å². The van der Waals surface area contributed by atoms with Gasteiger partial charge in [-0.05, 0) is 38.5 Å². The summed E-state index contributed by atoms with van der Waals surface area (Å²) in [6, 6.07) is 0. The second kappa shape index (κ2) is 1.69. The first-order valence-electron chi connectivity index (χ1n) is 4.20. The number of aliphatic hydroxyl groups is 1. The van der Waals surface area contributed by atoms with E-state index in [1.165, 1.54) is 0 Å². The zero-order valence-electron chi connectivity index (χ0n) is 7.05. The minimum absolute atomic E-state index is 0.0109. The Bertz CT molecular complexity index is 198. The number of hydrogen-bond donors (Lipinski definition) is 1. The standard InChI is InChI=1S/C9H14O2/c1-6(10)8-3-9(4-8,5-8)7(2)11/h6,10H,3-5H2,1-2H3. The molecule has 1 unspecified atom stereocenters. The molecule has 1 atom stereocenters. The van der Waals surface area contributed by atoms with Gasteiger partial charge in [0.15, 0.2) is 0 Å². The highest BCUT2D eigenvalue weighted by atomic mass is 16.3. The first-order valence-corrected chi connectivity index (χ1v) is 4.20. The molecule has 3 rings (SSSR count). The van der Waals surface area contributed by atoms with Crippen LogP contribution in [0.2, 0.25) is 0 Å². The van der Waals surface area contributed by atoms with Crippen molar-refractivity contribution in [2.24, 2.45) is 10.8 Å². The average Bonchev–Trinajstić information content (AvgIpc) is 1.51. The van der Waals surface area contributed by atoms with E-state index in [0.29, 0.717) is 5.78 Å². The van der Waals surface area contributed by atoms with Gasteiger partial charge in [-0.2, -0.15) is 0 Å². The maximum atomic E-state index is 11.1. The van der Waals surface area contributed by atoms with Crippen LogP contribution in [0.4, 0.5) is 0 Å². The van der Waals surface area contributed by atoms with E-state index in [0.717, 1.165) is 19.3 Å². The van der Waals surface area contributed by atoms with Crippen LogP contribution in [0.1, 0.15) is 33.1 Å². The number of Topliss-reactive ketones (excluding diaryl/α,β-unsaturated/α-hetero) is 1. The minimum Gasteiger partial charge on any atom is -0.393 e. The summed E-state index contributed by atoms with van der Waals surface area (Å²) in [5, 5.41) is 9.35. The summed E-state index contributed by atoms with van der Waals surface area (Å²) in [7, 11) is 0. The van der Waals surface area contributed by atoms with E-state index in [-0.39, 0.29) is 16.9 Å². The summed E-state index contributed by atoms with van der Waals surface area (Å²) in [4.78, 5) is 11.1. The zero-order valence-corrected chi connectivity index (χ0v) is 7.05. The van der Waals surface area contributed by atoms with Crippen molar-refractivity contribution in [2.45, 2.75) is 39.2 Å². The lowest BCUT2D eigenvalue weighted by atomic mass is 9.33. The largest absolute Gasteiger partial charge is 0.393 e. The summed E-state index contributed by atoms with van der Waals surface area (Å²) >= 11 is 0. The topological polar surface area (TPSA) is 37.3 Å². The number of aliphatic hydroxyl groups excluding tert-OH is 1. The summed E-state index contributed by atoms with van der Waals surface area (Å²) in [5.41, 5.74) is 0.155. The number of rotatable bonds is 2. The molecule has 2 heteroatoms. The van der Waals surface area contributed by atoms with Crippen LogP contribution < -0.4 is 0 Å². The van der Waals surface area contributed by atoms with Crippen LogP contribution in [-0.4, -0.2) is 17.0 Å². The fourth-order valence-electron chi connectivity index (χ4n) is 2.68. The Balaban J connectivity index is 2.04. The summed E-state index contributed by atoms with van der Waals surface area (Å²) in [5.74, 6) is 0.319. The molecule has 0 amide bonds. The lowest BCUT2D eigenvalue weighted by Crippen LogP contribution is -2.68. The van der Waals surface area contributed by atoms with E-state index < -0.39 is 0 Å². The lowest BCUT2D eigenvalue weighted by molar-refractivity contribution is -0.239. The van der Waals surface area contributed by atoms with Gasteiger partial charge in [0.1, 0.15) is 5.78 Å². The number of hydrogen-bond acceptors (Lipinski definition) is 2. The Kier molecular flexibility index (Phi) is 1.12. The van der Waals surface area contributed by atoms with Crippen molar-refractivity contribution >= 4 is 5.78 Å². The van der Waals surface area contributed by atoms with Gasteiger partial charge in [0.2, 0.25) is 0 Å². The maximum Gasteiger partial charge on any atom is 0.136 e. The number of carbonyl (C=O) groups excluding carboxylic acids is 1. The van der Waals surface area contributed by atoms with Crippen LogP contribution >= 0.6 is 0 Å². The van der Waals surface area contributed by atoms with E-state index in [9.17, 15) is 9.90 Å². The van der Waals surface area contributed by atoms with Crippen molar-refractivity contribution in [1.82, 2.24) is 0 Å². The molecule has 0 spiro atoms. The van der Waals surface area contributed by atoms with Crippen LogP contribution in [0.5, 0.6) is 0 Å². The second-order valence-corrected chi connectivity index (χ2v) is 4.41. The van der Waals surface area contributed by atoms with Crippen molar-refractivity contribution in [1.29, 1.82) is 0 Å². The fraction of sp³-hybridized carbons (Fsp3) is 0.889. The van der Waals surface area contributed by atoms with Gasteiger partial charge in [0, 0.05) is 5.41 Å². The molecule has 3 fully saturated rings. The Labute approximate surface area is 66.6 Å². The third-order valence-electron chi connectivity index (χ3n) is 3.70. The Morgan fingerprint density at radius 2 is 1.91 bits per heavy atom. The van der Waals surface area contributed by atoms with Crippen molar-refractivity contribution in [3.05, 3.63) is 0 Å². The molecule has 0 aliphatic heterocycles. The molecule has 2 bridgehead atoms. The van der Waals surface area contributed by atoms with Crippen molar-refractivity contribution in [2.75, 3.05) is 0 Å². The third kappa shape index (κ3) is 0.639. The molecule has 3 saturated carbocycles. The molecular weight excluding hydrogens is 140 g/mol. The average molecular weight is 154 g/mol. The van der Waals surface area contributed by atoms with Crippen molar-refractivity contribution in [3.8, 4) is 0 Å². The minimum atomic E-state index is -0.219. The molecule has 0 radical (unpaired) electrons. The van der Waals surface area contributed by atoms with E-state index >= 15 is 0 Å². The summed E-state index contributed by atoms with van der Waals surface area (Å²) in [6.07, 6.45) is 2.59. The molecule has 0 aromatic carbocycles. The fourth-order valence-corrected chi connectivity index (χ4v) is 2.68. The molecule has 2 nitrogen and oxygen atoms in total. The first-order chi connectivity index (χ1) is 5.01. The van der Waals surface area contributed by atoms with Crippen molar-refractivity contribution < 1.29 is 9.90 Å². The van der Waals surface area contributed by atoms with Gasteiger partial charge in [-0.25, -0.2) is 0 Å². The normalized spacial score (nSPS) is 49.0. The highest BCUT2D eigenvalue weighted by molar-refractivity contribution is 5.86. The van der Waals surface area contributed by atoms with Gasteiger partial charge in [-0.15, -0.1) is 0 Å². The maximum absolute atomic E-state index is 11.1. The molecule has 3 aliphatic carbocycles. The number of carbonyl (C=O) groups is 1. The monoisotopic (exact) mass is 154 g/mol. The molecule has 62 valence electrons. The van der Waals surface area contributed by atoms with Gasteiger partial charge in [-0.3, -0.25) is 4.79 Å². The smallest absolute Gasteiger partial charge is 0.136 e. The number of ketones is 1. The van der Waals surface area contributed by atoms with Crippen LogP contribution in [0, 0.1) is 10.8 Å². The van der Waals surface area contributed by atoms with E-state index in [1.807, 2.05) is 6.92 Å². The molecule has 3 aliphatic rings. The molecular formula is C9H14O2. The zero-order chi connectivity index (χ0) is 8.28. The van der Waals surface area contributed by atoms with Gasteiger partial charge in [0.05, 0.1) is 6.10 Å². The molecule has 0 heterocycles. The van der Waals surface area contributed by atoms with Gasteiger partial charge < -0.3 is 5.11 Å². The van der Waals surface area contributed by atoms with E-state index in [1.54, 1.807) is 6.92 Å². The highest BCUT2D eigenvalue weighted by Gasteiger charge is 2.71. The van der Waals surface area contributed by atoms with Crippen molar-refractivity contribution in [3.63, 3.8) is 0 Å². The predicted molar refractivity (Wildman–Crippen MR) is 41.1 cm³/mol. The summed E-state index contributed by atoms with van der Waals surface area (Å²) in [6.45, 7) is 3.51. The quantitative estimate of drug-likeness (QED) is 0.647. The van der Waals surface area contributed by atoms with Crippen LogP contribution in [0.25, 0.3) is 0 Å². The molecule has 0 aromatic heterocycles. The van der Waals surface area contributed by atoms with Gasteiger partial charge in [0.25, 0.3) is 0 Å². The van der Waals surface area contributed by atoms with Gasteiger partial charge >= 0.3 is 0 Å². The predicted octanol–water partition coefficient (Wildman–Crippen LogP) is 1.13. The highest BCUT2D eigenvalue weighted by Crippen LogP contribution is 2.74. The van der Waals surface area contributed by atoms with E-state index in [4.69, 9.17) is 0 Å². The third-order valence-corrected chi connectivity index (χ3v) is 3.70. The SMILES string of the molecule is CC(=O)C12CC(C(C)O)(C1)C2. The van der Waals surface area contributed by atoms with Crippen LogP contribution in [0.15, 0.2) is 0 Å². The Hall–Kier alpha value is -0.370. The molecule has 0 aromatic rings. The Morgan fingerprint density at radius 3 is 2.18 bits per heavy atom. The molecule has 1 N–H and O–H groups in total. The molecule has 0 saturated heterocycles.